The van der Waals surface area contributed by atoms with E-state index in [9.17, 15) is 10.2 Å². The molecule has 0 radical (unpaired) electrons. The third-order valence-corrected chi connectivity index (χ3v) is 15.5. The van der Waals surface area contributed by atoms with Gasteiger partial charge in [0.05, 0.1) is 57.8 Å². The zero-order valence-electron chi connectivity index (χ0n) is 48.4. The van der Waals surface area contributed by atoms with E-state index in [1.165, 1.54) is 12.1 Å². The molecule has 0 aliphatic heterocycles. The number of hydrogen-bond donors (Lipinski definition) is 2. The van der Waals surface area contributed by atoms with Crippen molar-refractivity contribution in [3.8, 4) is 56.6 Å². The first kappa shape index (κ1) is 56.4. The Kier molecular flexibility index (Phi) is 13.9. The normalized spacial score (nSPS) is 12.7. The fraction of sp³-hybridized carbons (Fsp3) is 0.304. The lowest BCUT2D eigenvalue weighted by Crippen LogP contribution is -2.10. The average molecular weight is 1100 g/mol. The van der Waals surface area contributed by atoms with Crippen molar-refractivity contribution in [1.82, 2.24) is 9.13 Å². The number of nitrogens with zero attached hydrogens (tertiary/aromatic N) is 2. The molecule has 2 N–H and O–H groups in total. The lowest BCUT2D eigenvalue weighted by molar-refractivity contribution is 0.245. The molecule has 420 valence electrons. The van der Waals surface area contributed by atoms with E-state index in [-0.39, 0.29) is 63.8 Å². The summed E-state index contributed by atoms with van der Waals surface area (Å²) in [7, 11) is 0. The molecule has 0 bridgehead atoms. The molecule has 0 spiro atoms. The van der Waals surface area contributed by atoms with Crippen molar-refractivity contribution < 1.29 is 46.0 Å². The zero-order chi connectivity index (χ0) is 58.7. The summed E-state index contributed by atoms with van der Waals surface area (Å²) < 4.78 is 110. The maximum atomic E-state index is 16.4. The van der Waals surface area contributed by atoms with E-state index in [0.717, 1.165) is 65.9 Å². The number of hydrogen-bond acceptors (Lipinski definition) is 4. The Morgan fingerprint density at radius 2 is 0.667 bits per heavy atom. The predicted octanol–water partition coefficient (Wildman–Crippen LogP) is 19.1. The summed E-state index contributed by atoms with van der Waals surface area (Å²) in [5.41, 5.74) is 6.94. The van der Waals surface area contributed by atoms with Gasteiger partial charge in [-0.05, 0) is 142 Å². The van der Waals surface area contributed by atoms with Crippen LogP contribution in [0.25, 0.3) is 77.2 Å². The van der Waals surface area contributed by atoms with Crippen LogP contribution in [-0.4, -0.2) is 32.6 Å². The van der Waals surface area contributed by atoms with Gasteiger partial charge in [0.25, 0.3) is 0 Å². The number of aromatic nitrogens is 2. The smallest absolute Gasteiger partial charge is 0.195 e. The molecular formula is C69H68F6N2O4. The molecule has 10 aromatic rings. The SMILES string of the molecule is Cc1cc(-c2c(OCCCOc3cc(F)c(F)c(F)c3-c3cc(C)cc(-n4c5ccc(C(C)(C)C)cc5c5cc(C(C)(C)C)ccc54)c3O)cc(F)c(F)c2F)c(O)c(-n2c3ccc(C(C)(C)C)cc3c3cc(C(C)(C)C)ccc32)c1. The molecule has 0 aliphatic carbocycles. The number of halogens is 6. The van der Waals surface area contributed by atoms with Gasteiger partial charge < -0.3 is 28.8 Å². The number of ether oxygens (including phenoxy) is 2. The lowest BCUT2D eigenvalue weighted by atomic mass is 9.85. The number of benzene rings is 8. The highest BCUT2D eigenvalue weighted by Gasteiger charge is 2.30. The summed E-state index contributed by atoms with van der Waals surface area (Å²) in [5.74, 6) is -11.5. The van der Waals surface area contributed by atoms with Crippen LogP contribution >= 0.6 is 0 Å². The first-order chi connectivity index (χ1) is 37.8. The van der Waals surface area contributed by atoms with Crippen LogP contribution in [0.2, 0.25) is 0 Å². The summed E-state index contributed by atoms with van der Waals surface area (Å²) >= 11 is 0. The van der Waals surface area contributed by atoms with Crippen molar-refractivity contribution >= 4 is 43.6 Å². The van der Waals surface area contributed by atoms with Gasteiger partial charge in [0.1, 0.15) is 23.0 Å². The Hall–Kier alpha value is -7.86. The Labute approximate surface area is 469 Å². The minimum absolute atomic E-state index is 0.0842. The van der Waals surface area contributed by atoms with Gasteiger partial charge in [-0.3, -0.25) is 0 Å². The molecule has 81 heavy (non-hydrogen) atoms. The first-order valence-electron chi connectivity index (χ1n) is 27.3. The van der Waals surface area contributed by atoms with Gasteiger partial charge in [0.2, 0.25) is 0 Å². The summed E-state index contributed by atoms with van der Waals surface area (Å²) in [5, 5.41) is 28.4. The van der Waals surface area contributed by atoms with Crippen molar-refractivity contribution in [2.45, 2.75) is 125 Å². The second-order valence-corrected chi connectivity index (χ2v) is 25.7. The third-order valence-electron chi connectivity index (χ3n) is 15.5. The topological polar surface area (TPSA) is 68.8 Å². The minimum Gasteiger partial charge on any atom is -0.505 e. The van der Waals surface area contributed by atoms with Crippen molar-refractivity contribution in [2.24, 2.45) is 0 Å². The van der Waals surface area contributed by atoms with Crippen LogP contribution in [0.1, 0.15) is 123 Å². The van der Waals surface area contributed by atoms with Gasteiger partial charge in [0, 0.05) is 51.2 Å². The summed E-state index contributed by atoms with van der Waals surface area (Å²) in [6.45, 7) is 28.4. The van der Waals surface area contributed by atoms with Gasteiger partial charge in [-0.25, -0.2) is 26.3 Å². The maximum absolute atomic E-state index is 16.4. The first-order valence-corrected chi connectivity index (χ1v) is 27.3. The van der Waals surface area contributed by atoms with Crippen molar-refractivity contribution in [2.75, 3.05) is 13.2 Å². The number of aromatic hydroxyl groups is 2. The van der Waals surface area contributed by atoms with Crippen LogP contribution in [0.4, 0.5) is 26.3 Å². The third kappa shape index (κ3) is 10.0. The van der Waals surface area contributed by atoms with Crippen molar-refractivity contribution in [1.29, 1.82) is 0 Å². The Bertz CT molecular complexity index is 3790. The number of fused-ring (bicyclic) bond motifs is 6. The van der Waals surface area contributed by atoms with E-state index in [0.29, 0.717) is 23.3 Å². The quantitative estimate of drug-likeness (QED) is 0.0813. The van der Waals surface area contributed by atoms with Gasteiger partial charge in [-0.15, -0.1) is 0 Å². The molecular weight excluding hydrogens is 1030 g/mol. The van der Waals surface area contributed by atoms with Crippen LogP contribution in [0.3, 0.4) is 0 Å². The van der Waals surface area contributed by atoms with Crippen LogP contribution < -0.4 is 9.47 Å². The second kappa shape index (κ2) is 20.0. The molecule has 0 saturated carbocycles. The molecule has 0 aliphatic rings. The highest BCUT2D eigenvalue weighted by molar-refractivity contribution is 6.11. The number of phenols is 2. The van der Waals surface area contributed by atoms with E-state index >= 15 is 26.3 Å². The molecule has 0 amide bonds. The standard InChI is InChI=1S/C69H68F6N2O4/c1-36-26-46(64(78)54(28-36)76-50-20-16-38(66(3,4)5)30-42(50)43-31-39(67(6,7)8)17-21-51(43)76)58-56(34-48(70)60(72)62(58)74)80-24-15-25-81-57-35-49(71)61(73)63(75)59(57)47-27-37(2)29-55(65(47)79)77-52-22-18-40(68(9,10)11)32-44(52)45-33-41(69(12,13)14)19-23-53(45)77/h16-23,26-35,78-79H,15,24-25H2,1-14H3. The minimum atomic E-state index is -1.78. The molecule has 12 heteroatoms. The van der Waals surface area contributed by atoms with E-state index in [1.54, 1.807) is 26.0 Å². The second-order valence-electron chi connectivity index (χ2n) is 25.7. The highest BCUT2D eigenvalue weighted by Crippen LogP contribution is 2.49. The fourth-order valence-electron chi connectivity index (χ4n) is 11.0. The molecule has 2 heterocycles. The van der Waals surface area contributed by atoms with Crippen LogP contribution in [0.15, 0.2) is 109 Å². The molecule has 6 nitrogen and oxygen atoms in total. The van der Waals surface area contributed by atoms with Crippen LogP contribution in [-0.2, 0) is 21.7 Å². The Balaban J connectivity index is 0.994. The zero-order valence-corrected chi connectivity index (χ0v) is 48.4. The fourth-order valence-corrected chi connectivity index (χ4v) is 11.0. The summed E-state index contributed by atoms with van der Waals surface area (Å²) in [4.78, 5) is 0. The van der Waals surface area contributed by atoms with Gasteiger partial charge in [-0.1, -0.05) is 107 Å². The Morgan fingerprint density at radius 1 is 0.383 bits per heavy atom. The monoisotopic (exact) mass is 1100 g/mol. The van der Waals surface area contributed by atoms with Gasteiger partial charge >= 0.3 is 0 Å². The summed E-state index contributed by atoms with van der Waals surface area (Å²) in [6.07, 6.45) is -0.0842. The molecule has 0 saturated heterocycles. The highest BCUT2D eigenvalue weighted by atomic mass is 19.2. The average Bonchev–Trinajstić information content (AvgIpc) is 4.05. The van der Waals surface area contributed by atoms with Gasteiger partial charge in [0.15, 0.2) is 34.9 Å². The van der Waals surface area contributed by atoms with Crippen LogP contribution in [0.5, 0.6) is 23.0 Å². The van der Waals surface area contributed by atoms with Gasteiger partial charge in [-0.2, -0.15) is 0 Å². The van der Waals surface area contributed by atoms with E-state index in [1.807, 2.05) is 57.7 Å². The van der Waals surface area contributed by atoms with Crippen LogP contribution in [0, 0.1) is 48.8 Å². The number of aryl methyl sites for hydroxylation is 2. The molecule has 0 atom stereocenters. The molecule has 2 aromatic heterocycles. The lowest BCUT2D eigenvalue weighted by Gasteiger charge is -2.20. The molecule has 8 aromatic carbocycles. The van der Waals surface area contributed by atoms with E-state index < -0.39 is 69.0 Å². The number of rotatable bonds is 10. The predicted molar refractivity (Wildman–Crippen MR) is 315 cm³/mol. The Morgan fingerprint density at radius 3 is 0.938 bits per heavy atom. The molecule has 10 rings (SSSR count). The maximum Gasteiger partial charge on any atom is 0.195 e. The van der Waals surface area contributed by atoms with E-state index in [2.05, 4.69) is 107 Å². The largest absolute Gasteiger partial charge is 0.505 e. The summed E-state index contributed by atoms with van der Waals surface area (Å²) in [6, 6.07) is 32.4. The molecule has 0 unspecified atom stereocenters. The van der Waals surface area contributed by atoms with Crippen molar-refractivity contribution in [3.63, 3.8) is 0 Å². The molecule has 0 fully saturated rings. The van der Waals surface area contributed by atoms with Crippen molar-refractivity contribution in [3.05, 3.63) is 177 Å². The number of phenolic OH excluding ortho intramolecular Hbond substituents is 2. The van der Waals surface area contributed by atoms with E-state index in [4.69, 9.17) is 9.47 Å².